The molecule has 0 aliphatic carbocycles. The van der Waals surface area contributed by atoms with Crippen molar-refractivity contribution in [3.63, 3.8) is 0 Å². The average Bonchev–Trinajstić information content (AvgIpc) is 2.93. The van der Waals surface area contributed by atoms with E-state index in [2.05, 4.69) is 0 Å². The van der Waals surface area contributed by atoms with Gasteiger partial charge in [0, 0.05) is 22.4 Å². The van der Waals surface area contributed by atoms with Crippen LogP contribution in [0, 0.1) is 0 Å². The molecule has 3 aromatic rings. The van der Waals surface area contributed by atoms with E-state index in [1.165, 1.54) is 4.90 Å². The van der Waals surface area contributed by atoms with Gasteiger partial charge in [-0.2, -0.15) is 0 Å². The number of amides is 1. The molecule has 0 spiro atoms. The van der Waals surface area contributed by atoms with Crippen molar-refractivity contribution in [3.8, 4) is 5.75 Å². The highest BCUT2D eigenvalue weighted by atomic mass is 35.5. The van der Waals surface area contributed by atoms with Crippen LogP contribution in [-0.2, 0) is 27.4 Å². The molecule has 9 heteroatoms. The van der Waals surface area contributed by atoms with Gasteiger partial charge in [-0.3, -0.25) is 0 Å². The Morgan fingerprint density at radius 2 is 1.60 bits per heavy atom. The van der Waals surface area contributed by atoms with Crippen LogP contribution < -0.4 is 4.74 Å². The largest absolute Gasteiger partial charge is 0.494 e. The maximum absolute atomic E-state index is 12.9. The fourth-order valence-corrected chi connectivity index (χ4v) is 5.43. The summed E-state index contributed by atoms with van der Waals surface area (Å²) in [4.78, 5) is 14.4. The number of nitrogens with zero attached hydrogens (tertiary/aromatic N) is 1. The summed E-state index contributed by atoms with van der Waals surface area (Å²) in [5, 5.41) is 12.3. The number of carbonyl (C=O) groups excluding carboxylic acids is 1. The zero-order valence-corrected chi connectivity index (χ0v) is 25.8. The number of aliphatic hydroxyl groups is 1. The van der Waals surface area contributed by atoms with Crippen molar-refractivity contribution in [2.24, 2.45) is 0 Å². The molecule has 1 fully saturated rings. The Morgan fingerprint density at radius 1 is 0.905 bits per heavy atom. The number of halogens is 2. The highest BCUT2D eigenvalue weighted by Gasteiger charge is 2.40. The quantitative estimate of drug-likeness (QED) is 0.229. The van der Waals surface area contributed by atoms with Gasteiger partial charge in [0.1, 0.15) is 11.4 Å². The van der Waals surface area contributed by atoms with Gasteiger partial charge in [0.25, 0.3) is 0 Å². The van der Waals surface area contributed by atoms with Gasteiger partial charge in [0.05, 0.1) is 51.7 Å². The Labute approximate surface area is 258 Å². The third-order valence-corrected chi connectivity index (χ3v) is 7.18. The number of hydrogen-bond acceptors (Lipinski definition) is 6. The van der Waals surface area contributed by atoms with Gasteiger partial charge in [0.2, 0.25) is 0 Å². The normalized spacial score (nSPS) is 19.0. The van der Waals surface area contributed by atoms with Gasteiger partial charge in [-0.05, 0) is 67.8 Å². The second-order valence-corrected chi connectivity index (χ2v) is 12.3. The minimum Gasteiger partial charge on any atom is -0.494 e. The molecule has 0 saturated carbocycles. The number of benzene rings is 3. The van der Waals surface area contributed by atoms with E-state index in [1.807, 2.05) is 75.4 Å². The highest BCUT2D eigenvalue weighted by molar-refractivity contribution is 6.34. The topological polar surface area (TPSA) is 77.5 Å². The molecule has 1 N–H and O–H groups in total. The molecule has 0 radical (unpaired) electrons. The van der Waals surface area contributed by atoms with Crippen molar-refractivity contribution in [1.29, 1.82) is 0 Å². The summed E-state index contributed by atoms with van der Waals surface area (Å²) in [7, 11) is 0. The number of likely N-dealkylation sites (tertiary alicyclic amines) is 1. The van der Waals surface area contributed by atoms with Crippen LogP contribution in [0.1, 0.15) is 49.8 Å². The fourth-order valence-electron chi connectivity index (χ4n) is 4.86. The number of piperidine rings is 1. The van der Waals surface area contributed by atoms with Crippen molar-refractivity contribution in [1.82, 2.24) is 4.90 Å². The van der Waals surface area contributed by atoms with Crippen LogP contribution in [0.5, 0.6) is 5.75 Å². The van der Waals surface area contributed by atoms with Crippen LogP contribution in [0.3, 0.4) is 0 Å². The van der Waals surface area contributed by atoms with Gasteiger partial charge in [-0.1, -0.05) is 65.7 Å². The summed E-state index contributed by atoms with van der Waals surface area (Å²) < 4.78 is 23.5. The van der Waals surface area contributed by atoms with E-state index < -0.39 is 23.9 Å². The Hall–Kier alpha value is -2.81. The zero-order valence-electron chi connectivity index (χ0n) is 24.3. The van der Waals surface area contributed by atoms with Crippen LogP contribution in [-0.4, -0.2) is 60.2 Å². The summed E-state index contributed by atoms with van der Waals surface area (Å²) in [5.74, 6) is 0.354. The average molecular weight is 617 g/mol. The van der Waals surface area contributed by atoms with E-state index in [-0.39, 0.29) is 25.6 Å². The molecular formula is C33H39Cl2NO6. The van der Waals surface area contributed by atoms with Crippen LogP contribution >= 0.6 is 23.2 Å². The lowest BCUT2D eigenvalue weighted by Crippen LogP contribution is -2.54. The molecule has 1 amide bonds. The maximum Gasteiger partial charge on any atom is 0.410 e. The lowest BCUT2D eigenvalue weighted by molar-refractivity contribution is -0.0755. The fraction of sp³-hybridized carbons (Fsp3) is 0.424. The molecule has 1 saturated heterocycles. The van der Waals surface area contributed by atoms with Crippen LogP contribution in [0.25, 0.3) is 0 Å². The first-order chi connectivity index (χ1) is 20.1. The summed E-state index contributed by atoms with van der Waals surface area (Å²) in [6, 6.07) is 22.9. The van der Waals surface area contributed by atoms with Gasteiger partial charge in [0.15, 0.2) is 0 Å². The second-order valence-electron chi connectivity index (χ2n) is 11.4. The van der Waals surface area contributed by atoms with E-state index >= 15 is 0 Å². The Bertz CT molecular complexity index is 1260. The van der Waals surface area contributed by atoms with Crippen molar-refractivity contribution in [2.75, 3.05) is 26.3 Å². The van der Waals surface area contributed by atoms with Crippen molar-refractivity contribution >= 4 is 29.3 Å². The first-order valence-corrected chi connectivity index (χ1v) is 14.9. The number of rotatable bonds is 11. The van der Waals surface area contributed by atoms with Gasteiger partial charge in [-0.15, -0.1) is 0 Å². The first kappa shape index (κ1) is 32.1. The number of aliphatic hydroxyl groups excluding tert-OH is 1. The van der Waals surface area contributed by atoms with Gasteiger partial charge < -0.3 is 29.0 Å². The molecule has 1 aliphatic heterocycles. The zero-order chi connectivity index (χ0) is 30.1. The molecule has 1 aliphatic rings. The van der Waals surface area contributed by atoms with E-state index in [9.17, 15) is 9.90 Å². The highest BCUT2D eigenvalue weighted by Crippen LogP contribution is 2.33. The maximum atomic E-state index is 12.9. The predicted molar refractivity (Wildman–Crippen MR) is 164 cm³/mol. The lowest BCUT2D eigenvalue weighted by Gasteiger charge is -2.42. The van der Waals surface area contributed by atoms with Crippen molar-refractivity contribution in [2.45, 2.75) is 64.1 Å². The minimum absolute atomic E-state index is 0.129. The molecule has 3 unspecified atom stereocenters. The van der Waals surface area contributed by atoms with Crippen LogP contribution in [0.2, 0.25) is 10.0 Å². The van der Waals surface area contributed by atoms with Crippen LogP contribution in [0.4, 0.5) is 4.79 Å². The molecule has 3 aromatic carbocycles. The van der Waals surface area contributed by atoms with Gasteiger partial charge in [-0.25, -0.2) is 4.79 Å². The number of carbonyl (C=O) groups is 1. The first-order valence-electron chi connectivity index (χ1n) is 14.1. The standard InChI is InChI=1S/C33H39Cl2NO6/c1-33(2,3)42-32(38)36-19-29(37)31(30(20-36)41-22-24-16-26(34)18-27(35)17-24)25-10-12-28(13-11-25)40-15-7-14-39-21-23-8-5-4-6-9-23/h4-6,8-13,16-18,29-31,37H,7,14-15,19-22H2,1-3H3. The molecular weight excluding hydrogens is 577 g/mol. The molecule has 42 heavy (non-hydrogen) atoms. The van der Waals surface area contributed by atoms with Crippen molar-refractivity contribution in [3.05, 3.63) is 99.5 Å². The van der Waals surface area contributed by atoms with Gasteiger partial charge >= 0.3 is 6.09 Å². The van der Waals surface area contributed by atoms with E-state index in [1.54, 1.807) is 18.2 Å². The smallest absolute Gasteiger partial charge is 0.410 e. The minimum atomic E-state index is -0.868. The number of ether oxygens (including phenoxy) is 4. The number of hydrogen-bond donors (Lipinski definition) is 1. The molecule has 226 valence electrons. The molecule has 1 heterocycles. The molecule has 4 rings (SSSR count). The SMILES string of the molecule is CC(C)(C)OC(=O)N1CC(O)C(c2ccc(OCCCOCc3ccccc3)cc2)C(OCc2cc(Cl)cc(Cl)c2)C1. The molecule has 0 aromatic heterocycles. The summed E-state index contributed by atoms with van der Waals surface area (Å²) in [6.45, 7) is 7.74. The summed E-state index contributed by atoms with van der Waals surface area (Å²) in [5.41, 5.74) is 2.17. The molecule has 0 bridgehead atoms. The third-order valence-electron chi connectivity index (χ3n) is 6.74. The van der Waals surface area contributed by atoms with Crippen LogP contribution in [0.15, 0.2) is 72.8 Å². The summed E-state index contributed by atoms with van der Waals surface area (Å²) >= 11 is 12.4. The third kappa shape index (κ3) is 9.89. The monoisotopic (exact) mass is 615 g/mol. The van der Waals surface area contributed by atoms with E-state index in [4.69, 9.17) is 42.1 Å². The lowest BCUT2D eigenvalue weighted by atomic mass is 9.84. The van der Waals surface area contributed by atoms with E-state index in [0.717, 1.165) is 28.9 Å². The Balaban J connectivity index is 1.37. The van der Waals surface area contributed by atoms with E-state index in [0.29, 0.717) is 29.9 Å². The Morgan fingerprint density at radius 3 is 2.26 bits per heavy atom. The summed E-state index contributed by atoms with van der Waals surface area (Å²) in [6.07, 6.45) is -1.10. The second kappa shape index (κ2) is 15.1. The van der Waals surface area contributed by atoms with Crippen molar-refractivity contribution < 1.29 is 28.8 Å². The number of β-amino-alcohol motifs (C(OH)–C–C–N with tert-alkyl or cyclic N) is 1. The molecule has 7 nitrogen and oxygen atoms in total. The molecule has 3 atom stereocenters. The predicted octanol–water partition coefficient (Wildman–Crippen LogP) is 7.26. The Kier molecular flexibility index (Phi) is 11.5.